The number of benzene rings is 1. The highest BCUT2D eigenvalue weighted by atomic mass is 14.7. The molecule has 0 bridgehead atoms. The van der Waals surface area contributed by atoms with Crippen molar-refractivity contribution in [3.63, 3.8) is 0 Å². The quantitative estimate of drug-likeness (QED) is 0.610. The van der Waals surface area contributed by atoms with Crippen molar-refractivity contribution in [2.24, 2.45) is 10.4 Å². The SMILES string of the molecule is CC1=C(C)C(C)(C=Nc2c(C)cccc2C)C(C)=C1C. The molecule has 0 saturated heterocycles. The first-order chi connectivity index (χ1) is 9.29. The van der Waals surface area contributed by atoms with E-state index in [1.807, 2.05) is 0 Å². The molecule has 0 radical (unpaired) electrons. The number of rotatable bonds is 2. The summed E-state index contributed by atoms with van der Waals surface area (Å²) in [6.07, 6.45) is 2.13. The summed E-state index contributed by atoms with van der Waals surface area (Å²) in [5.74, 6) is 0. The molecule has 0 unspecified atom stereocenters. The number of nitrogens with zero attached hydrogens (tertiary/aromatic N) is 1. The number of hydrogen-bond acceptors (Lipinski definition) is 1. The Hall–Kier alpha value is -1.63. The van der Waals surface area contributed by atoms with Gasteiger partial charge in [0.1, 0.15) is 0 Å². The summed E-state index contributed by atoms with van der Waals surface area (Å²) < 4.78 is 0. The lowest BCUT2D eigenvalue weighted by Gasteiger charge is -2.24. The second-order valence-electron chi connectivity index (χ2n) is 6.20. The minimum absolute atomic E-state index is 0.0388. The zero-order valence-corrected chi connectivity index (χ0v) is 13.8. The standard InChI is InChI=1S/C19H25N/c1-12-9-8-10-13(2)18(12)20-11-19(7)16(5)14(3)15(4)17(19)6/h8-11H,1-7H3. The summed E-state index contributed by atoms with van der Waals surface area (Å²) in [6, 6.07) is 6.34. The fourth-order valence-electron chi connectivity index (χ4n) is 3.02. The highest BCUT2D eigenvalue weighted by Gasteiger charge is 2.34. The first kappa shape index (κ1) is 14.8. The molecular formula is C19H25N. The largest absolute Gasteiger partial charge is 0.259 e. The Morgan fingerprint density at radius 3 is 1.75 bits per heavy atom. The van der Waals surface area contributed by atoms with Gasteiger partial charge in [0.15, 0.2) is 0 Å². The van der Waals surface area contributed by atoms with Crippen molar-refractivity contribution in [2.75, 3.05) is 0 Å². The van der Waals surface area contributed by atoms with Crippen LogP contribution in [0.1, 0.15) is 45.7 Å². The fourth-order valence-corrected chi connectivity index (χ4v) is 3.02. The van der Waals surface area contributed by atoms with Gasteiger partial charge in [-0.2, -0.15) is 0 Å². The van der Waals surface area contributed by atoms with Crippen LogP contribution in [-0.2, 0) is 0 Å². The summed E-state index contributed by atoms with van der Waals surface area (Å²) in [6.45, 7) is 15.4. The lowest BCUT2D eigenvalue weighted by molar-refractivity contribution is 0.688. The van der Waals surface area contributed by atoms with E-state index >= 15 is 0 Å². The van der Waals surface area contributed by atoms with Crippen LogP contribution in [-0.4, -0.2) is 6.21 Å². The molecule has 2 rings (SSSR count). The van der Waals surface area contributed by atoms with Gasteiger partial charge in [-0.1, -0.05) is 29.3 Å². The molecule has 1 aromatic rings. The van der Waals surface area contributed by atoms with Gasteiger partial charge in [-0.3, -0.25) is 4.99 Å². The van der Waals surface area contributed by atoms with E-state index in [1.54, 1.807) is 0 Å². The Kier molecular flexibility index (Phi) is 3.73. The van der Waals surface area contributed by atoms with Crippen LogP contribution < -0.4 is 0 Å². The van der Waals surface area contributed by atoms with Crippen molar-refractivity contribution >= 4 is 11.9 Å². The predicted octanol–water partition coefficient (Wildman–Crippen LogP) is 5.70. The van der Waals surface area contributed by atoms with Crippen LogP contribution in [0.15, 0.2) is 45.5 Å². The van der Waals surface area contributed by atoms with Crippen LogP contribution in [0.5, 0.6) is 0 Å². The van der Waals surface area contributed by atoms with Crippen molar-refractivity contribution in [1.29, 1.82) is 0 Å². The van der Waals surface area contributed by atoms with Crippen LogP contribution in [0.25, 0.3) is 0 Å². The third kappa shape index (κ3) is 2.15. The van der Waals surface area contributed by atoms with E-state index in [1.165, 1.54) is 33.4 Å². The molecule has 0 atom stereocenters. The van der Waals surface area contributed by atoms with Crippen LogP contribution in [0.2, 0.25) is 0 Å². The summed E-state index contributed by atoms with van der Waals surface area (Å²) in [5, 5.41) is 0. The summed E-state index contributed by atoms with van der Waals surface area (Å²) in [4.78, 5) is 4.84. The minimum atomic E-state index is -0.0388. The number of allylic oxidation sites excluding steroid dienone is 4. The maximum absolute atomic E-state index is 4.84. The predicted molar refractivity (Wildman–Crippen MR) is 88.9 cm³/mol. The van der Waals surface area contributed by atoms with E-state index in [0.29, 0.717) is 0 Å². The molecule has 1 aliphatic carbocycles. The Morgan fingerprint density at radius 1 is 0.850 bits per heavy atom. The van der Waals surface area contributed by atoms with E-state index in [-0.39, 0.29) is 5.41 Å². The molecule has 0 heterocycles. The van der Waals surface area contributed by atoms with Gasteiger partial charge in [-0.25, -0.2) is 0 Å². The molecule has 0 spiro atoms. The van der Waals surface area contributed by atoms with E-state index in [2.05, 4.69) is 72.9 Å². The van der Waals surface area contributed by atoms with Crippen molar-refractivity contribution < 1.29 is 0 Å². The fraction of sp³-hybridized carbons (Fsp3) is 0.421. The molecular weight excluding hydrogens is 242 g/mol. The van der Waals surface area contributed by atoms with Crippen molar-refractivity contribution in [1.82, 2.24) is 0 Å². The zero-order chi connectivity index (χ0) is 15.1. The Balaban J connectivity index is 2.47. The van der Waals surface area contributed by atoms with Gasteiger partial charge >= 0.3 is 0 Å². The average Bonchev–Trinajstić information content (AvgIpc) is 2.55. The molecule has 1 nitrogen and oxygen atoms in total. The first-order valence-corrected chi connectivity index (χ1v) is 7.26. The Bertz CT molecular complexity index is 597. The molecule has 1 heteroatoms. The second-order valence-corrected chi connectivity index (χ2v) is 6.20. The molecule has 0 aliphatic heterocycles. The van der Waals surface area contributed by atoms with E-state index in [4.69, 9.17) is 4.99 Å². The molecule has 1 aliphatic rings. The first-order valence-electron chi connectivity index (χ1n) is 7.26. The van der Waals surface area contributed by atoms with E-state index < -0.39 is 0 Å². The van der Waals surface area contributed by atoms with Gasteiger partial charge < -0.3 is 0 Å². The lowest BCUT2D eigenvalue weighted by Crippen LogP contribution is -2.19. The van der Waals surface area contributed by atoms with Crippen LogP contribution in [0.3, 0.4) is 0 Å². The van der Waals surface area contributed by atoms with Gasteiger partial charge in [0.05, 0.1) is 5.69 Å². The van der Waals surface area contributed by atoms with Crippen molar-refractivity contribution in [2.45, 2.75) is 48.5 Å². The molecule has 0 saturated carbocycles. The van der Waals surface area contributed by atoms with Gasteiger partial charge in [0.2, 0.25) is 0 Å². The number of aliphatic imine (C=N–C) groups is 1. The number of para-hydroxylation sites is 1. The maximum Gasteiger partial charge on any atom is 0.0684 e. The molecule has 0 aromatic heterocycles. The molecule has 0 fully saturated rings. The maximum atomic E-state index is 4.84. The summed E-state index contributed by atoms with van der Waals surface area (Å²) in [5.41, 5.74) is 9.21. The van der Waals surface area contributed by atoms with Crippen LogP contribution in [0, 0.1) is 19.3 Å². The molecule has 106 valence electrons. The minimum Gasteiger partial charge on any atom is -0.259 e. The Labute approximate surface area is 123 Å². The summed E-state index contributed by atoms with van der Waals surface area (Å²) >= 11 is 0. The van der Waals surface area contributed by atoms with E-state index in [0.717, 1.165) is 5.69 Å². The van der Waals surface area contributed by atoms with Crippen LogP contribution >= 0.6 is 0 Å². The van der Waals surface area contributed by atoms with Crippen LogP contribution in [0.4, 0.5) is 5.69 Å². The average molecular weight is 267 g/mol. The van der Waals surface area contributed by atoms with Gasteiger partial charge in [0.25, 0.3) is 0 Å². The zero-order valence-electron chi connectivity index (χ0n) is 13.8. The Morgan fingerprint density at radius 2 is 1.30 bits per heavy atom. The number of hydrogen-bond donors (Lipinski definition) is 0. The smallest absolute Gasteiger partial charge is 0.0684 e. The van der Waals surface area contributed by atoms with Gasteiger partial charge in [0, 0.05) is 11.6 Å². The van der Waals surface area contributed by atoms with Crippen molar-refractivity contribution in [3.8, 4) is 0 Å². The highest BCUT2D eigenvalue weighted by molar-refractivity contribution is 5.81. The summed E-state index contributed by atoms with van der Waals surface area (Å²) in [7, 11) is 0. The third-order valence-corrected chi connectivity index (χ3v) is 5.14. The molecule has 20 heavy (non-hydrogen) atoms. The molecule has 1 aromatic carbocycles. The topological polar surface area (TPSA) is 12.4 Å². The van der Waals surface area contributed by atoms with Gasteiger partial charge in [-0.05, 0) is 70.7 Å². The number of aryl methyl sites for hydroxylation is 2. The normalized spacial score (nSPS) is 18.6. The van der Waals surface area contributed by atoms with Gasteiger partial charge in [-0.15, -0.1) is 0 Å². The molecule has 0 N–H and O–H groups in total. The lowest BCUT2D eigenvalue weighted by atomic mass is 9.80. The monoisotopic (exact) mass is 267 g/mol. The highest BCUT2D eigenvalue weighted by Crippen LogP contribution is 2.45. The second kappa shape index (κ2) is 5.05. The third-order valence-electron chi connectivity index (χ3n) is 5.14. The molecule has 0 amide bonds. The van der Waals surface area contributed by atoms with E-state index in [9.17, 15) is 0 Å². The van der Waals surface area contributed by atoms with Crippen molar-refractivity contribution in [3.05, 3.63) is 51.6 Å².